The molecular weight excluding hydrogens is 346 g/mol. The number of aliphatic hydroxyl groups excluding tert-OH is 1. The van der Waals surface area contributed by atoms with Gasteiger partial charge in [0.05, 0.1) is 6.61 Å². The van der Waals surface area contributed by atoms with Gasteiger partial charge < -0.3 is 19.9 Å². The van der Waals surface area contributed by atoms with E-state index in [0.29, 0.717) is 6.47 Å². The standard InChI is InChI=1S/C7H15NO3.C7H14.C5H10O2.C2H6/c1-7(2,3)11-6(10)8-4-5-9;1-7-5-3-2-4-6-7;1-5(2,3)7-4-6;1-2/h9H,4-5H2,1-3H3,(H,8,10);7H,2-6H2,1H3;4H,1-3H3;1-2H3. The van der Waals surface area contributed by atoms with Crippen molar-refractivity contribution in [1.29, 1.82) is 0 Å². The van der Waals surface area contributed by atoms with Crippen LogP contribution >= 0.6 is 0 Å². The third kappa shape index (κ3) is 32.8. The summed E-state index contributed by atoms with van der Waals surface area (Å²) >= 11 is 0. The van der Waals surface area contributed by atoms with Gasteiger partial charge in [-0.2, -0.15) is 0 Å². The minimum absolute atomic E-state index is 0.0702. The topological polar surface area (TPSA) is 84.9 Å². The van der Waals surface area contributed by atoms with Gasteiger partial charge in [0, 0.05) is 6.54 Å². The second kappa shape index (κ2) is 18.1. The molecule has 0 unspecified atom stereocenters. The number of hydrogen-bond acceptors (Lipinski definition) is 5. The molecule has 0 aliphatic heterocycles. The van der Waals surface area contributed by atoms with Crippen molar-refractivity contribution < 1.29 is 24.2 Å². The molecule has 0 aromatic carbocycles. The molecule has 1 aliphatic carbocycles. The maximum atomic E-state index is 10.8. The molecule has 2 N–H and O–H groups in total. The van der Waals surface area contributed by atoms with E-state index in [1.54, 1.807) is 20.8 Å². The fourth-order valence-electron chi connectivity index (χ4n) is 1.92. The van der Waals surface area contributed by atoms with Gasteiger partial charge in [0.15, 0.2) is 0 Å². The first-order valence-corrected chi connectivity index (χ1v) is 10.1. The lowest BCUT2D eigenvalue weighted by atomic mass is 9.91. The van der Waals surface area contributed by atoms with Crippen molar-refractivity contribution in [2.45, 2.75) is 106 Å². The van der Waals surface area contributed by atoms with Crippen molar-refractivity contribution in [3.05, 3.63) is 0 Å². The highest BCUT2D eigenvalue weighted by Crippen LogP contribution is 2.22. The van der Waals surface area contributed by atoms with Crippen LogP contribution in [0.4, 0.5) is 4.79 Å². The molecule has 1 saturated carbocycles. The number of nitrogens with one attached hydrogen (secondary N) is 1. The van der Waals surface area contributed by atoms with E-state index in [9.17, 15) is 9.59 Å². The van der Waals surface area contributed by atoms with Crippen molar-refractivity contribution in [1.82, 2.24) is 5.32 Å². The molecule has 0 radical (unpaired) electrons. The number of hydrogen-bond donors (Lipinski definition) is 2. The molecule has 0 bridgehead atoms. The molecule has 0 saturated heterocycles. The molecule has 1 aliphatic rings. The molecule has 0 heterocycles. The highest BCUT2D eigenvalue weighted by Gasteiger charge is 2.15. The number of carbonyl (C=O) groups excluding carboxylic acids is 2. The van der Waals surface area contributed by atoms with Crippen LogP contribution < -0.4 is 5.32 Å². The minimum atomic E-state index is -0.494. The predicted octanol–water partition coefficient (Wildman–Crippen LogP) is 5.07. The number of ether oxygens (including phenoxy) is 2. The number of alkyl carbamates (subject to hydrolysis) is 1. The average Bonchev–Trinajstić information content (AvgIpc) is 2.54. The van der Waals surface area contributed by atoms with Gasteiger partial charge >= 0.3 is 6.09 Å². The lowest BCUT2D eigenvalue weighted by Gasteiger charge is -2.19. The fourth-order valence-corrected chi connectivity index (χ4v) is 1.92. The van der Waals surface area contributed by atoms with Crippen LogP contribution in [-0.2, 0) is 14.3 Å². The van der Waals surface area contributed by atoms with Gasteiger partial charge in [-0.3, -0.25) is 4.79 Å². The Bertz CT molecular complexity index is 339. The largest absolute Gasteiger partial charge is 0.462 e. The summed E-state index contributed by atoms with van der Waals surface area (Å²) < 4.78 is 9.43. The van der Waals surface area contributed by atoms with E-state index >= 15 is 0 Å². The van der Waals surface area contributed by atoms with Gasteiger partial charge in [-0.25, -0.2) is 4.79 Å². The third-order valence-electron chi connectivity index (χ3n) is 3.08. The summed E-state index contributed by atoms with van der Waals surface area (Å²) in [5, 5.41) is 10.7. The van der Waals surface area contributed by atoms with E-state index in [-0.39, 0.29) is 18.8 Å². The Balaban J connectivity index is -0.000000316. The number of rotatable bonds is 3. The third-order valence-corrected chi connectivity index (χ3v) is 3.08. The first kappa shape index (κ1) is 30.4. The van der Waals surface area contributed by atoms with Crippen molar-refractivity contribution in [3.63, 3.8) is 0 Å². The number of amides is 1. The Hall–Kier alpha value is -1.30. The zero-order valence-corrected chi connectivity index (χ0v) is 19.2. The normalized spacial score (nSPS) is 14.0. The molecule has 0 spiro atoms. The minimum Gasteiger partial charge on any atom is -0.462 e. The number of carbonyl (C=O) groups is 2. The van der Waals surface area contributed by atoms with Gasteiger partial charge in [-0.05, 0) is 47.5 Å². The van der Waals surface area contributed by atoms with E-state index < -0.39 is 11.7 Å². The average molecular weight is 392 g/mol. The SMILES string of the molecule is CC.CC(C)(C)OC(=O)NCCO.CC(C)(C)OC=O.CC1CCCCC1. The smallest absolute Gasteiger partial charge is 0.407 e. The van der Waals surface area contributed by atoms with E-state index in [4.69, 9.17) is 9.84 Å². The fraction of sp³-hybridized carbons (Fsp3) is 0.905. The first-order valence-electron chi connectivity index (χ1n) is 10.1. The summed E-state index contributed by atoms with van der Waals surface area (Å²) in [7, 11) is 0. The van der Waals surface area contributed by atoms with E-state index in [0.717, 1.165) is 5.92 Å². The second-order valence-corrected chi connectivity index (χ2v) is 8.22. The maximum Gasteiger partial charge on any atom is 0.407 e. The van der Waals surface area contributed by atoms with Gasteiger partial charge in [-0.1, -0.05) is 52.9 Å². The molecule has 164 valence electrons. The van der Waals surface area contributed by atoms with Gasteiger partial charge in [-0.15, -0.1) is 0 Å². The molecule has 0 aromatic rings. The van der Waals surface area contributed by atoms with Crippen LogP contribution in [0.25, 0.3) is 0 Å². The summed E-state index contributed by atoms with van der Waals surface area (Å²) in [6, 6.07) is 0. The molecule has 0 atom stereocenters. The highest BCUT2D eigenvalue weighted by molar-refractivity contribution is 5.67. The molecule has 1 fully saturated rings. The van der Waals surface area contributed by atoms with Crippen LogP contribution in [0.15, 0.2) is 0 Å². The second-order valence-electron chi connectivity index (χ2n) is 8.22. The molecule has 1 amide bonds. The van der Waals surface area contributed by atoms with Crippen molar-refractivity contribution in [2.75, 3.05) is 13.2 Å². The summed E-state index contributed by atoms with van der Waals surface area (Å²) in [6.07, 6.45) is 6.94. The van der Waals surface area contributed by atoms with Crippen LogP contribution in [0.1, 0.15) is 94.4 Å². The molecule has 27 heavy (non-hydrogen) atoms. The lowest BCUT2D eigenvalue weighted by molar-refractivity contribution is -0.138. The summed E-state index contributed by atoms with van der Waals surface area (Å²) in [5.74, 6) is 1.04. The van der Waals surface area contributed by atoms with Crippen molar-refractivity contribution in [2.24, 2.45) is 5.92 Å². The quantitative estimate of drug-likeness (QED) is 0.656. The van der Waals surface area contributed by atoms with E-state index in [1.165, 1.54) is 32.1 Å². The Labute approximate surface area is 167 Å². The van der Waals surface area contributed by atoms with E-state index in [2.05, 4.69) is 17.0 Å². The van der Waals surface area contributed by atoms with Crippen LogP contribution in [-0.4, -0.2) is 42.0 Å². The van der Waals surface area contributed by atoms with Crippen LogP contribution in [0.5, 0.6) is 0 Å². The number of aliphatic hydroxyl groups is 1. The molecule has 1 rings (SSSR count). The molecule has 6 heteroatoms. The Morgan fingerprint density at radius 2 is 1.52 bits per heavy atom. The Morgan fingerprint density at radius 3 is 1.74 bits per heavy atom. The Morgan fingerprint density at radius 1 is 1.04 bits per heavy atom. The lowest BCUT2D eigenvalue weighted by Crippen LogP contribution is -2.33. The van der Waals surface area contributed by atoms with Crippen LogP contribution in [0.2, 0.25) is 0 Å². The monoisotopic (exact) mass is 391 g/mol. The zero-order chi connectivity index (χ0) is 21.9. The summed E-state index contributed by atoms with van der Waals surface area (Å²) in [5.41, 5.74) is -0.790. The molecule has 0 aromatic heterocycles. The van der Waals surface area contributed by atoms with Gasteiger partial charge in [0.25, 0.3) is 6.47 Å². The Kier molecular flexibility index (Phi) is 20.4. The van der Waals surface area contributed by atoms with Gasteiger partial charge in [0.2, 0.25) is 0 Å². The maximum absolute atomic E-state index is 10.8. The highest BCUT2D eigenvalue weighted by atomic mass is 16.6. The summed E-state index contributed by atoms with van der Waals surface area (Å²) in [6.45, 7) is 17.8. The molecular formula is C21H45NO5. The van der Waals surface area contributed by atoms with Crippen LogP contribution in [0, 0.1) is 5.92 Å². The van der Waals surface area contributed by atoms with Gasteiger partial charge in [0.1, 0.15) is 11.2 Å². The first-order chi connectivity index (χ1) is 12.4. The van der Waals surface area contributed by atoms with Crippen molar-refractivity contribution in [3.8, 4) is 0 Å². The molecule has 6 nitrogen and oxygen atoms in total. The zero-order valence-electron chi connectivity index (χ0n) is 19.2. The summed E-state index contributed by atoms with van der Waals surface area (Å²) in [4.78, 5) is 20.4. The van der Waals surface area contributed by atoms with Crippen molar-refractivity contribution >= 4 is 12.6 Å². The van der Waals surface area contributed by atoms with Crippen LogP contribution in [0.3, 0.4) is 0 Å². The van der Waals surface area contributed by atoms with E-state index in [1.807, 2.05) is 34.6 Å². The predicted molar refractivity (Wildman–Crippen MR) is 112 cm³/mol.